The van der Waals surface area contributed by atoms with Gasteiger partial charge in [-0.3, -0.25) is 9.59 Å². The number of carbonyl (C=O) groups is 2. The van der Waals surface area contributed by atoms with Crippen molar-refractivity contribution < 1.29 is 14.3 Å². The first-order valence-corrected chi connectivity index (χ1v) is 10.6. The van der Waals surface area contributed by atoms with Crippen LogP contribution in [0.25, 0.3) is 0 Å². The molecule has 6 nitrogen and oxygen atoms in total. The Morgan fingerprint density at radius 2 is 1.97 bits per heavy atom. The molecule has 0 aromatic heterocycles. The molecule has 30 heavy (non-hydrogen) atoms. The Hall–Kier alpha value is -2.95. The molecule has 2 aromatic carbocycles. The van der Waals surface area contributed by atoms with Crippen LogP contribution in [0.2, 0.25) is 5.02 Å². The number of hydrogen-bond donors (Lipinski definition) is 2. The smallest absolute Gasteiger partial charge is 0.230 e. The normalized spacial score (nSPS) is 15.9. The second kappa shape index (κ2) is 10.2. The standard InChI is InChI=1S/C22H20ClN3O3S/c1-29-17-8-2-14(3-9-17)12-25-21(28)13-30-22-19(11-24)18(10-20(27)26-22)15-4-6-16(23)7-5-15/h2-9,18H,10,12-13H2,1H3,(H,25,28)(H,26,27)/t18-/m0/s1. The maximum Gasteiger partial charge on any atom is 0.230 e. The third kappa shape index (κ3) is 5.56. The monoisotopic (exact) mass is 441 g/mol. The molecular formula is C22H20ClN3O3S. The van der Waals surface area contributed by atoms with Gasteiger partial charge < -0.3 is 15.4 Å². The molecule has 0 aliphatic carbocycles. The molecule has 1 atom stereocenters. The van der Waals surface area contributed by atoms with Gasteiger partial charge >= 0.3 is 0 Å². The first-order chi connectivity index (χ1) is 14.5. The first kappa shape index (κ1) is 21.8. The number of benzene rings is 2. The van der Waals surface area contributed by atoms with Gasteiger partial charge in [0.2, 0.25) is 11.8 Å². The zero-order valence-electron chi connectivity index (χ0n) is 16.3. The molecule has 0 bridgehead atoms. The second-order valence-electron chi connectivity index (χ2n) is 6.62. The molecule has 1 aliphatic rings. The number of nitriles is 1. The molecule has 1 heterocycles. The van der Waals surface area contributed by atoms with Crippen molar-refractivity contribution in [2.75, 3.05) is 12.9 Å². The van der Waals surface area contributed by atoms with Crippen LogP contribution in [0, 0.1) is 11.3 Å². The molecule has 0 radical (unpaired) electrons. The minimum Gasteiger partial charge on any atom is -0.497 e. The lowest BCUT2D eigenvalue weighted by atomic mass is 9.87. The summed E-state index contributed by atoms with van der Waals surface area (Å²) >= 11 is 7.09. The fraction of sp³-hybridized carbons (Fsp3) is 0.227. The van der Waals surface area contributed by atoms with Crippen molar-refractivity contribution in [3.63, 3.8) is 0 Å². The largest absolute Gasteiger partial charge is 0.497 e. The summed E-state index contributed by atoms with van der Waals surface area (Å²) in [5.74, 6) is 0.105. The molecule has 8 heteroatoms. The average Bonchev–Trinajstić information content (AvgIpc) is 2.76. The second-order valence-corrected chi connectivity index (χ2v) is 8.05. The van der Waals surface area contributed by atoms with Crippen molar-refractivity contribution in [2.45, 2.75) is 18.9 Å². The van der Waals surface area contributed by atoms with E-state index in [4.69, 9.17) is 16.3 Å². The van der Waals surface area contributed by atoms with Crippen molar-refractivity contribution in [1.82, 2.24) is 10.6 Å². The van der Waals surface area contributed by atoms with E-state index in [2.05, 4.69) is 16.7 Å². The summed E-state index contributed by atoms with van der Waals surface area (Å²) in [6, 6.07) is 16.7. The van der Waals surface area contributed by atoms with E-state index in [1.165, 1.54) is 0 Å². The van der Waals surface area contributed by atoms with Crippen LogP contribution in [0.5, 0.6) is 5.75 Å². The number of carbonyl (C=O) groups excluding carboxylic acids is 2. The summed E-state index contributed by atoms with van der Waals surface area (Å²) in [6.45, 7) is 0.382. The Bertz CT molecular complexity index is 998. The molecule has 0 saturated carbocycles. The van der Waals surface area contributed by atoms with Gasteiger partial charge in [0.05, 0.1) is 29.5 Å². The van der Waals surface area contributed by atoms with Crippen LogP contribution in [-0.4, -0.2) is 24.7 Å². The average molecular weight is 442 g/mol. The van der Waals surface area contributed by atoms with Crippen LogP contribution < -0.4 is 15.4 Å². The lowest BCUT2D eigenvalue weighted by molar-refractivity contribution is -0.121. The Morgan fingerprint density at radius 1 is 1.27 bits per heavy atom. The third-order valence-electron chi connectivity index (χ3n) is 4.62. The number of ether oxygens (including phenoxy) is 1. The maximum atomic E-state index is 12.3. The van der Waals surface area contributed by atoms with E-state index >= 15 is 0 Å². The number of thioether (sulfide) groups is 1. The molecule has 0 saturated heterocycles. The number of nitrogens with zero attached hydrogens (tertiary/aromatic N) is 1. The van der Waals surface area contributed by atoms with Gasteiger partial charge in [-0.05, 0) is 35.4 Å². The zero-order valence-corrected chi connectivity index (χ0v) is 17.8. The fourth-order valence-electron chi connectivity index (χ4n) is 3.05. The van der Waals surface area contributed by atoms with Crippen molar-refractivity contribution in [1.29, 1.82) is 5.26 Å². The molecule has 0 fully saturated rings. The van der Waals surface area contributed by atoms with Crippen LogP contribution in [0.15, 0.2) is 59.1 Å². The van der Waals surface area contributed by atoms with Crippen LogP contribution in [-0.2, 0) is 16.1 Å². The minimum absolute atomic E-state index is 0.0876. The van der Waals surface area contributed by atoms with Gasteiger partial charge in [-0.2, -0.15) is 5.26 Å². The van der Waals surface area contributed by atoms with Crippen molar-refractivity contribution in [3.8, 4) is 11.8 Å². The highest BCUT2D eigenvalue weighted by Crippen LogP contribution is 2.36. The quantitative estimate of drug-likeness (QED) is 0.683. The van der Waals surface area contributed by atoms with Gasteiger partial charge in [0.15, 0.2) is 0 Å². The minimum atomic E-state index is -0.356. The Balaban J connectivity index is 1.64. The fourth-order valence-corrected chi connectivity index (χ4v) is 4.08. The number of hydrogen-bond acceptors (Lipinski definition) is 5. The number of nitrogens with one attached hydrogen (secondary N) is 2. The van der Waals surface area contributed by atoms with E-state index in [1.54, 1.807) is 19.2 Å². The molecule has 2 amide bonds. The first-order valence-electron chi connectivity index (χ1n) is 9.22. The van der Waals surface area contributed by atoms with Gasteiger partial charge in [0.25, 0.3) is 0 Å². The SMILES string of the molecule is COc1ccc(CNC(=O)CSC2=C(C#N)[C@H](c3ccc(Cl)cc3)CC(=O)N2)cc1. The topological polar surface area (TPSA) is 91.2 Å². The van der Waals surface area contributed by atoms with E-state index < -0.39 is 0 Å². The van der Waals surface area contributed by atoms with Gasteiger partial charge in [0.1, 0.15) is 5.75 Å². The van der Waals surface area contributed by atoms with Gasteiger partial charge in [-0.1, -0.05) is 47.6 Å². The summed E-state index contributed by atoms with van der Waals surface area (Å²) in [5.41, 5.74) is 2.23. The number of halogens is 1. The van der Waals surface area contributed by atoms with E-state index in [0.29, 0.717) is 22.2 Å². The van der Waals surface area contributed by atoms with Crippen molar-refractivity contribution in [2.24, 2.45) is 0 Å². The summed E-state index contributed by atoms with van der Waals surface area (Å²) < 4.78 is 5.11. The molecule has 2 N–H and O–H groups in total. The van der Waals surface area contributed by atoms with E-state index in [9.17, 15) is 14.9 Å². The summed E-state index contributed by atoms with van der Waals surface area (Å²) in [5, 5.41) is 16.3. The Labute approximate surface area is 184 Å². The molecule has 2 aromatic rings. The lowest BCUT2D eigenvalue weighted by Gasteiger charge is -2.25. The number of rotatable bonds is 7. The van der Waals surface area contributed by atoms with Crippen LogP contribution in [0.3, 0.4) is 0 Å². The summed E-state index contributed by atoms with van der Waals surface area (Å²) in [6.07, 6.45) is 0.179. The maximum absolute atomic E-state index is 12.3. The van der Waals surface area contributed by atoms with Crippen molar-refractivity contribution >= 4 is 35.2 Å². The Morgan fingerprint density at radius 3 is 2.60 bits per heavy atom. The highest BCUT2D eigenvalue weighted by Gasteiger charge is 2.29. The lowest BCUT2D eigenvalue weighted by Crippen LogP contribution is -2.32. The van der Waals surface area contributed by atoms with E-state index in [1.807, 2.05) is 36.4 Å². The number of methoxy groups -OCH3 is 1. The predicted octanol–water partition coefficient (Wildman–Crippen LogP) is 3.74. The Kier molecular flexibility index (Phi) is 7.39. The molecule has 154 valence electrons. The highest BCUT2D eigenvalue weighted by atomic mass is 35.5. The molecule has 1 aliphatic heterocycles. The number of allylic oxidation sites excluding steroid dienone is 1. The van der Waals surface area contributed by atoms with Gasteiger partial charge in [-0.15, -0.1) is 0 Å². The predicted molar refractivity (Wildman–Crippen MR) is 117 cm³/mol. The molecule has 0 unspecified atom stereocenters. The molecule has 3 rings (SSSR count). The van der Waals surface area contributed by atoms with Crippen LogP contribution >= 0.6 is 23.4 Å². The van der Waals surface area contributed by atoms with E-state index in [0.717, 1.165) is 28.6 Å². The van der Waals surface area contributed by atoms with Crippen LogP contribution in [0.1, 0.15) is 23.5 Å². The summed E-state index contributed by atoms with van der Waals surface area (Å²) in [7, 11) is 1.60. The zero-order chi connectivity index (χ0) is 21.5. The van der Waals surface area contributed by atoms with E-state index in [-0.39, 0.29) is 29.9 Å². The highest BCUT2D eigenvalue weighted by molar-refractivity contribution is 8.03. The van der Waals surface area contributed by atoms with Crippen molar-refractivity contribution in [3.05, 3.63) is 75.3 Å². The molecular weight excluding hydrogens is 422 g/mol. The van der Waals surface area contributed by atoms with Gasteiger partial charge in [-0.25, -0.2) is 0 Å². The van der Waals surface area contributed by atoms with Crippen LogP contribution in [0.4, 0.5) is 0 Å². The number of amides is 2. The summed E-state index contributed by atoms with van der Waals surface area (Å²) in [4.78, 5) is 24.4. The third-order valence-corrected chi connectivity index (χ3v) is 5.89. The molecule has 0 spiro atoms. The van der Waals surface area contributed by atoms with Gasteiger partial charge in [0, 0.05) is 23.9 Å².